The third-order valence-corrected chi connectivity index (χ3v) is 4.73. The first-order valence-electron chi connectivity index (χ1n) is 8.81. The van der Waals surface area contributed by atoms with Crippen LogP contribution in [0, 0.1) is 13.8 Å². The minimum atomic E-state index is 0.0580. The maximum absolute atomic E-state index is 12.8. The molecule has 0 saturated carbocycles. The molecule has 4 rings (SSSR count). The van der Waals surface area contributed by atoms with Gasteiger partial charge in [0.05, 0.1) is 19.3 Å². The molecule has 1 aliphatic rings. The second-order valence-corrected chi connectivity index (χ2v) is 6.63. The van der Waals surface area contributed by atoms with Crippen molar-refractivity contribution in [2.24, 2.45) is 0 Å². The minimum Gasteiger partial charge on any atom is -0.497 e. The number of aryl methyl sites for hydroxylation is 2. The molecule has 0 radical (unpaired) electrons. The second kappa shape index (κ2) is 6.86. The monoisotopic (exact) mass is 367 g/mol. The van der Waals surface area contributed by atoms with E-state index in [9.17, 15) is 4.79 Å². The Hall–Kier alpha value is -3.16. The highest BCUT2D eigenvalue weighted by atomic mass is 16.5. The number of ether oxygens (including phenoxy) is 1. The van der Waals surface area contributed by atoms with Crippen LogP contribution in [0.15, 0.2) is 28.8 Å². The van der Waals surface area contributed by atoms with Gasteiger partial charge in [-0.1, -0.05) is 17.3 Å². The zero-order valence-electron chi connectivity index (χ0n) is 15.6. The molecule has 0 bridgehead atoms. The summed E-state index contributed by atoms with van der Waals surface area (Å²) in [6.45, 7) is 5.79. The van der Waals surface area contributed by atoms with Gasteiger partial charge in [-0.05, 0) is 31.5 Å². The van der Waals surface area contributed by atoms with Gasteiger partial charge in [0.15, 0.2) is 0 Å². The van der Waals surface area contributed by atoms with Crippen LogP contribution in [0.2, 0.25) is 0 Å². The number of hydrogen-bond donors (Lipinski definition) is 0. The Balaban J connectivity index is 1.54. The number of anilines is 1. The summed E-state index contributed by atoms with van der Waals surface area (Å²) in [4.78, 5) is 25.4. The summed E-state index contributed by atoms with van der Waals surface area (Å²) < 4.78 is 10.5. The quantitative estimate of drug-likeness (QED) is 0.698. The molecule has 0 unspecified atom stereocenters. The van der Waals surface area contributed by atoms with E-state index in [2.05, 4.69) is 15.1 Å². The topological polar surface area (TPSA) is 84.6 Å². The lowest BCUT2D eigenvalue weighted by Crippen LogP contribution is -2.50. The van der Waals surface area contributed by atoms with E-state index in [0.717, 1.165) is 22.4 Å². The molecule has 1 fully saturated rings. The number of hydrogen-bond acceptors (Lipinski definition) is 7. The van der Waals surface area contributed by atoms with E-state index in [1.54, 1.807) is 7.11 Å². The first kappa shape index (κ1) is 17.3. The molecule has 1 amide bonds. The molecule has 140 valence electrons. The minimum absolute atomic E-state index is 0.0580. The van der Waals surface area contributed by atoms with E-state index in [4.69, 9.17) is 9.26 Å². The number of fused-ring (bicyclic) bond motifs is 1. The SMILES string of the molecule is COc1cccc(CN2CCN(c3nc(C)nc4onc(C)c34)CC2=O)c1. The molecule has 0 atom stereocenters. The van der Waals surface area contributed by atoms with E-state index >= 15 is 0 Å². The average Bonchev–Trinajstić information content (AvgIpc) is 3.03. The Kier molecular flexibility index (Phi) is 4.39. The molecule has 0 aliphatic carbocycles. The van der Waals surface area contributed by atoms with Crippen molar-refractivity contribution in [1.29, 1.82) is 0 Å². The predicted molar refractivity (Wildman–Crippen MR) is 99.7 cm³/mol. The van der Waals surface area contributed by atoms with E-state index in [0.29, 0.717) is 37.0 Å². The number of carbonyl (C=O) groups is 1. The van der Waals surface area contributed by atoms with Crippen LogP contribution >= 0.6 is 0 Å². The first-order valence-corrected chi connectivity index (χ1v) is 8.81. The summed E-state index contributed by atoms with van der Waals surface area (Å²) in [5.41, 5.74) is 2.24. The molecule has 0 spiro atoms. The zero-order valence-corrected chi connectivity index (χ0v) is 15.6. The van der Waals surface area contributed by atoms with Crippen LogP contribution in [0.3, 0.4) is 0 Å². The van der Waals surface area contributed by atoms with Crippen LogP contribution in [0.25, 0.3) is 11.1 Å². The molecule has 27 heavy (non-hydrogen) atoms. The molecule has 3 heterocycles. The van der Waals surface area contributed by atoms with Crippen LogP contribution in [-0.2, 0) is 11.3 Å². The van der Waals surface area contributed by atoms with Crippen molar-refractivity contribution in [1.82, 2.24) is 20.0 Å². The summed E-state index contributed by atoms with van der Waals surface area (Å²) in [7, 11) is 1.64. The Labute approximate surface area is 156 Å². The lowest BCUT2D eigenvalue weighted by molar-refractivity contribution is -0.131. The van der Waals surface area contributed by atoms with Crippen molar-refractivity contribution in [2.45, 2.75) is 20.4 Å². The fraction of sp³-hybridized carbons (Fsp3) is 0.368. The number of piperazine rings is 1. The number of amides is 1. The Bertz CT molecular complexity index is 1000. The number of nitrogens with zero attached hydrogens (tertiary/aromatic N) is 5. The second-order valence-electron chi connectivity index (χ2n) is 6.63. The summed E-state index contributed by atoms with van der Waals surface area (Å²) in [6, 6.07) is 7.79. The third-order valence-electron chi connectivity index (χ3n) is 4.73. The van der Waals surface area contributed by atoms with Gasteiger partial charge >= 0.3 is 0 Å². The smallest absolute Gasteiger partial charge is 0.263 e. The largest absolute Gasteiger partial charge is 0.497 e. The summed E-state index contributed by atoms with van der Waals surface area (Å²) in [5.74, 6) is 2.16. The standard InChI is InChI=1S/C19H21N5O3/c1-12-17-18(20-13(2)21-19(17)27-22-12)24-8-7-23(16(25)11-24)10-14-5-4-6-15(9-14)26-3/h4-6,9H,7-8,10-11H2,1-3H3. The van der Waals surface area contributed by atoms with Gasteiger partial charge < -0.3 is 19.1 Å². The average molecular weight is 367 g/mol. The van der Waals surface area contributed by atoms with Gasteiger partial charge in [-0.15, -0.1) is 0 Å². The summed E-state index contributed by atoms with van der Waals surface area (Å²) in [5, 5.41) is 4.76. The van der Waals surface area contributed by atoms with Crippen molar-refractivity contribution in [2.75, 3.05) is 31.6 Å². The normalized spacial score (nSPS) is 14.9. The predicted octanol–water partition coefficient (Wildman–Crippen LogP) is 2.09. The fourth-order valence-corrected chi connectivity index (χ4v) is 3.35. The number of aromatic nitrogens is 3. The van der Waals surface area contributed by atoms with Crippen molar-refractivity contribution in [3.8, 4) is 5.75 Å². The van der Waals surface area contributed by atoms with Gasteiger partial charge in [-0.2, -0.15) is 4.98 Å². The van der Waals surface area contributed by atoms with Crippen LogP contribution < -0.4 is 9.64 Å². The third kappa shape index (κ3) is 3.30. The van der Waals surface area contributed by atoms with Crippen LogP contribution in [0.5, 0.6) is 5.75 Å². The van der Waals surface area contributed by atoms with Crippen molar-refractivity contribution >= 4 is 22.8 Å². The highest BCUT2D eigenvalue weighted by Gasteiger charge is 2.28. The van der Waals surface area contributed by atoms with Gasteiger partial charge in [0, 0.05) is 19.6 Å². The van der Waals surface area contributed by atoms with E-state index in [1.807, 2.05) is 47.9 Å². The fourth-order valence-electron chi connectivity index (χ4n) is 3.35. The highest BCUT2D eigenvalue weighted by molar-refractivity contribution is 5.91. The molecule has 0 N–H and O–H groups in total. The van der Waals surface area contributed by atoms with Gasteiger partial charge in [-0.25, -0.2) is 4.98 Å². The molecule has 1 aliphatic heterocycles. The van der Waals surface area contributed by atoms with E-state index in [-0.39, 0.29) is 12.5 Å². The lowest BCUT2D eigenvalue weighted by Gasteiger charge is -2.35. The maximum Gasteiger partial charge on any atom is 0.263 e. The molecular weight excluding hydrogens is 346 g/mol. The molecule has 8 heteroatoms. The number of carbonyl (C=O) groups excluding carboxylic acids is 1. The van der Waals surface area contributed by atoms with Crippen molar-refractivity contribution < 1.29 is 14.1 Å². The van der Waals surface area contributed by atoms with Gasteiger partial charge in [0.25, 0.3) is 5.71 Å². The number of rotatable bonds is 4. The molecule has 3 aromatic rings. The van der Waals surface area contributed by atoms with Gasteiger partial charge in [0.2, 0.25) is 5.91 Å². The molecular formula is C19H21N5O3. The maximum atomic E-state index is 12.8. The Morgan fingerprint density at radius 1 is 1.22 bits per heavy atom. The number of methoxy groups -OCH3 is 1. The molecule has 1 aromatic carbocycles. The van der Waals surface area contributed by atoms with Gasteiger partial charge in [-0.3, -0.25) is 4.79 Å². The first-order chi connectivity index (χ1) is 13.0. The molecule has 8 nitrogen and oxygen atoms in total. The Morgan fingerprint density at radius 3 is 2.85 bits per heavy atom. The van der Waals surface area contributed by atoms with E-state index in [1.165, 1.54) is 0 Å². The van der Waals surface area contributed by atoms with Crippen LogP contribution in [-0.4, -0.2) is 52.7 Å². The van der Waals surface area contributed by atoms with Crippen LogP contribution in [0.1, 0.15) is 17.1 Å². The van der Waals surface area contributed by atoms with E-state index < -0.39 is 0 Å². The molecule has 2 aromatic heterocycles. The van der Waals surface area contributed by atoms with Crippen LogP contribution in [0.4, 0.5) is 5.82 Å². The lowest BCUT2D eigenvalue weighted by atomic mass is 10.1. The highest BCUT2D eigenvalue weighted by Crippen LogP contribution is 2.28. The van der Waals surface area contributed by atoms with Crippen molar-refractivity contribution in [3.63, 3.8) is 0 Å². The summed E-state index contributed by atoms with van der Waals surface area (Å²) in [6.07, 6.45) is 0. The summed E-state index contributed by atoms with van der Waals surface area (Å²) >= 11 is 0. The zero-order chi connectivity index (χ0) is 19.0. The number of benzene rings is 1. The van der Waals surface area contributed by atoms with Crippen molar-refractivity contribution in [3.05, 3.63) is 41.3 Å². The molecule has 1 saturated heterocycles. The van der Waals surface area contributed by atoms with Gasteiger partial charge in [0.1, 0.15) is 22.8 Å². The Morgan fingerprint density at radius 2 is 2.07 bits per heavy atom.